The highest BCUT2D eigenvalue weighted by atomic mass is 35.5. The van der Waals surface area contributed by atoms with Crippen molar-refractivity contribution in [3.05, 3.63) is 75.8 Å². The number of hydrogen-bond donors (Lipinski definition) is 1. The number of halogens is 1. The monoisotopic (exact) mass is 503 g/mol. The summed E-state index contributed by atoms with van der Waals surface area (Å²) in [5.74, 6) is 2.54. The van der Waals surface area contributed by atoms with E-state index in [2.05, 4.69) is 40.6 Å². The van der Waals surface area contributed by atoms with Gasteiger partial charge in [0.1, 0.15) is 12.2 Å². The van der Waals surface area contributed by atoms with Crippen LogP contribution in [-0.2, 0) is 13.6 Å². The van der Waals surface area contributed by atoms with Gasteiger partial charge in [-0.3, -0.25) is 4.79 Å². The molecule has 1 aliphatic heterocycles. The lowest BCUT2D eigenvalue weighted by molar-refractivity contribution is 0.0996. The lowest BCUT2D eigenvalue weighted by Gasteiger charge is -2.33. The third-order valence-corrected chi connectivity index (χ3v) is 8.97. The average molecular weight is 504 g/mol. The van der Waals surface area contributed by atoms with Gasteiger partial charge in [-0.25, -0.2) is 0 Å². The normalized spacial score (nSPS) is 19.6. The Labute approximate surface area is 218 Å². The molecule has 3 aromatic rings. The van der Waals surface area contributed by atoms with Gasteiger partial charge in [-0.1, -0.05) is 36.6 Å². The highest BCUT2D eigenvalue weighted by Crippen LogP contribution is 2.44. The zero-order valence-electron chi connectivity index (χ0n) is 21.1. The molecule has 1 amide bonds. The first kappa shape index (κ1) is 23.7. The third-order valence-electron chi connectivity index (χ3n) is 8.63. The summed E-state index contributed by atoms with van der Waals surface area (Å²) in [5.41, 5.74) is 4.83. The number of aryl methyl sites for hydroxylation is 1. The number of fused-ring (bicyclic) bond motifs is 1. The van der Waals surface area contributed by atoms with Crippen LogP contribution in [0.2, 0.25) is 5.02 Å². The van der Waals surface area contributed by atoms with Crippen molar-refractivity contribution in [2.75, 3.05) is 11.4 Å². The number of amides is 1. The van der Waals surface area contributed by atoms with Crippen molar-refractivity contribution in [1.82, 2.24) is 20.1 Å². The third kappa shape index (κ3) is 4.24. The average Bonchev–Trinajstić information content (AvgIpc) is 3.38. The van der Waals surface area contributed by atoms with E-state index in [1.54, 1.807) is 6.33 Å². The van der Waals surface area contributed by atoms with Crippen molar-refractivity contribution >= 4 is 23.2 Å². The smallest absolute Gasteiger partial charge is 0.258 e. The largest absolute Gasteiger partial charge is 0.320 e. The molecule has 2 aromatic carbocycles. The Morgan fingerprint density at radius 2 is 1.92 bits per heavy atom. The molecule has 2 atom stereocenters. The topological polar surface area (TPSA) is 63.1 Å². The molecule has 2 fully saturated rings. The van der Waals surface area contributed by atoms with Crippen LogP contribution >= 0.6 is 11.6 Å². The van der Waals surface area contributed by atoms with Crippen LogP contribution in [0.3, 0.4) is 0 Å². The molecular weight excluding hydrogens is 470 g/mol. The van der Waals surface area contributed by atoms with E-state index in [-0.39, 0.29) is 17.9 Å². The fourth-order valence-corrected chi connectivity index (χ4v) is 6.15. The maximum absolute atomic E-state index is 13.6. The van der Waals surface area contributed by atoms with Crippen LogP contribution in [0.1, 0.15) is 90.3 Å². The summed E-state index contributed by atoms with van der Waals surface area (Å²) in [4.78, 5) is 15.5. The van der Waals surface area contributed by atoms with Gasteiger partial charge in [-0.15, -0.1) is 10.2 Å². The van der Waals surface area contributed by atoms with Gasteiger partial charge in [-0.2, -0.15) is 0 Å². The van der Waals surface area contributed by atoms with Crippen LogP contribution in [-0.4, -0.2) is 27.2 Å². The molecule has 188 valence electrons. The molecule has 0 radical (unpaired) electrons. The molecule has 3 aliphatic rings. The van der Waals surface area contributed by atoms with Crippen molar-refractivity contribution in [1.29, 1.82) is 0 Å². The summed E-state index contributed by atoms with van der Waals surface area (Å²) in [7, 11) is 2.01. The summed E-state index contributed by atoms with van der Waals surface area (Å²) in [6, 6.07) is 12.7. The van der Waals surface area contributed by atoms with Crippen LogP contribution in [0.15, 0.2) is 42.7 Å². The van der Waals surface area contributed by atoms with Gasteiger partial charge in [0.25, 0.3) is 5.91 Å². The van der Waals surface area contributed by atoms with Crippen molar-refractivity contribution in [2.24, 2.45) is 18.9 Å². The maximum Gasteiger partial charge on any atom is 0.258 e. The number of hydrogen-bond acceptors (Lipinski definition) is 4. The predicted octanol–water partition coefficient (Wildman–Crippen LogP) is 6.01. The molecule has 0 saturated heterocycles. The first-order valence-electron chi connectivity index (χ1n) is 13.3. The van der Waals surface area contributed by atoms with E-state index < -0.39 is 0 Å². The van der Waals surface area contributed by atoms with Crippen molar-refractivity contribution < 1.29 is 4.79 Å². The number of nitrogens with one attached hydrogen (secondary N) is 1. The fraction of sp³-hybridized carbons (Fsp3) is 0.483. The number of carbonyl (C=O) groups excluding carboxylic acids is 1. The highest BCUT2D eigenvalue weighted by Gasteiger charge is 2.35. The zero-order valence-corrected chi connectivity index (χ0v) is 21.8. The van der Waals surface area contributed by atoms with Crippen LogP contribution in [0.25, 0.3) is 0 Å². The summed E-state index contributed by atoms with van der Waals surface area (Å²) in [6.45, 7) is 3.68. The van der Waals surface area contributed by atoms with Gasteiger partial charge >= 0.3 is 0 Å². The molecule has 1 N–H and O–H groups in total. The quantitative estimate of drug-likeness (QED) is 0.408. The fourth-order valence-electron chi connectivity index (χ4n) is 5.87. The van der Waals surface area contributed by atoms with Crippen LogP contribution in [0.5, 0.6) is 0 Å². The minimum atomic E-state index is 0.0240. The summed E-state index contributed by atoms with van der Waals surface area (Å²) in [5, 5.41) is 12.9. The van der Waals surface area contributed by atoms with E-state index in [1.807, 2.05) is 34.7 Å². The van der Waals surface area contributed by atoms with Crippen LogP contribution in [0.4, 0.5) is 5.69 Å². The Hall–Kier alpha value is -2.70. The number of nitrogens with zero attached hydrogens (tertiary/aromatic N) is 4. The predicted molar refractivity (Wildman–Crippen MR) is 142 cm³/mol. The first-order valence-corrected chi connectivity index (χ1v) is 13.7. The Balaban J connectivity index is 1.26. The van der Waals surface area contributed by atoms with E-state index in [9.17, 15) is 4.79 Å². The second kappa shape index (κ2) is 9.64. The molecule has 0 bridgehead atoms. The van der Waals surface area contributed by atoms with Gasteiger partial charge in [-0.05, 0) is 86.4 Å². The molecule has 6 rings (SSSR count). The second-order valence-electron chi connectivity index (χ2n) is 10.9. The summed E-state index contributed by atoms with van der Waals surface area (Å²) < 4.78 is 2.02. The summed E-state index contributed by atoms with van der Waals surface area (Å²) >= 11 is 6.75. The Bertz CT molecular complexity index is 1280. The van der Waals surface area contributed by atoms with Gasteiger partial charge in [0.15, 0.2) is 0 Å². The molecular formula is C29H34ClN5O. The van der Waals surface area contributed by atoms with E-state index in [0.29, 0.717) is 17.5 Å². The van der Waals surface area contributed by atoms with Gasteiger partial charge < -0.3 is 14.8 Å². The van der Waals surface area contributed by atoms with Crippen LogP contribution in [0, 0.1) is 11.8 Å². The van der Waals surface area contributed by atoms with E-state index >= 15 is 0 Å². The SMILES string of the molecule is C[C@H](NCC1CCC1)c1cc(Cl)c2c(c1)C(=O)N(c1cccc([C@@H](c3nncn3C)C3CCC3)c1)C2. The number of benzene rings is 2. The lowest BCUT2D eigenvalue weighted by atomic mass is 9.72. The Morgan fingerprint density at radius 1 is 1.11 bits per heavy atom. The molecule has 36 heavy (non-hydrogen) atoms. The molecule has 7 heteroatoms. The van der Waals surface area contributed by atoms with Crippen molar-refractivity contribution in [2.45, 2.75) is 64.0 Å². The van der Waals surface area contributed by atoms with Crippen molar-refractivity contribution in [3.8, 4) is 0 Å². The highest BCUT2D eigenvalue weighted by molar-refractivity contribution is 6.32. The van der Waals surface area contributed by atoms with E-state index in [4.69, 9.17) is 11.6 Å². The number of anilines is 1. The lowest BCUT2D eigenvalue weighted by Crippen LogP contribution is -2.29. The first-order chi connectivity index (χ1) is 17.5. The minimum Gasteiger partial charge on any atom is -0.320 e. The standard InChI is InChI=1S/C29H34ClN5O/c1-18(31-15-19-6-3-7-19)22-13-24-25(26(30)14-22)16-35(29(24)36)23-11-5-10-21(12-23)27(20-8-4-9-20)28-33-32-17-34(28)2/h5,10-14,17-20,27,31H,3-4,6-9,15-16H2,1-2H3/t18-,27-/m0/s1. The number of aromatic nitrogens is 3. The molecule has 6 nitrogen and oxygen atoms in total. The Kier molecular flexibility index (Phi) is 6.34. The van der Waals surface area contributed by atoms with Crippen molar-refractivity contribution in [3.63, 3.8) is 0 Å². The molecule has 1 aromatic heterocycles. The number of carbonyl (C=O) groups is 1. The van der Waals surface area contributed by atoms with Gasteiger partial charge in [0.05, 0.1) is 6.54 Å². The second-order valence-corrected chi connectivity index (χ2v) is 11.3. The zero-order chi connectivity index (χ0) is 24.8. The molecule has 2 aliphatic carbocycles. The van der Waals surface area contributed by atoms with Gasteiger partial charge in [0.2, 0.25) is 0 Å². The Morgan fingerprint density at radius 3 is 2.58 bits per heavy atom. The molecule has 2 heterocycles. The number of rotatable bonds is 8. The summed E-state index contributed by atoms with van der Waals surface area (Å²) in [6.07, 6.45) is 9.39. The molecule has 2 saturated carbocycles. The van der Waals surface area contributed by atoms with E-state index in [1.165, 1.54) is 44.1 Å². The van der Waals surface area contributed by atoms with E-state index in [0.717, 1.165) is 40.7 Å². The van der Waals surface area contributed by atoms with Gasteiger partial charge in [0, 0.05) is 40.8 Å². The molecule has 0 spiro atoms. The maximum atomic E-state index is 13.6. The minimum absolute atomic E-state index is 0.0240. The molecule has 0 unspecified atom stereocenters. The van der Waals surface area contributed by atoms with Crippen LogP contribution < -0.4 is 10.2 Å².